The molecule has 1 N–H and O–H groups in total. The topological polar surface area (TPSA) is 90.1 Å². The summed E-state index contributed by atoms with van der Waals surface area (Å²) in [5, 5.41) is 14.5. The number of carbonyl (C=O) groups is 1. The molecule has 0 aliphatic heterocycles. The zero-order chi connectivity index (χ0) is 16.1. The molecule has 0 spiro atoms. The lowest BCUT2D eigenvalue weighted by atomic mass is 10.3. The van der Waals surface area contributed by atoms with Crippen molar-refractivity contribution in [2.24, 2.45) is 0 Å². The van der Waals surface area contributed by atoms with Crippen molar-refractivity contribution in [1.82, 2.24) is 15.2 Å². The second-order valence-corrected chi connectivity index (χ2v) is 5.42. The molecule has 1 amide bonds. The minimum atomic E-state index is -0.180. The Morgan fingerprint density at radius 2 is 2.30 bits per heavy atom. The van der Waals surface area contributed by atoms with Crippen LogP contribution in [0, 0.1) is 0 Å². The normalized spacial score (nSPS) is 10.5. The highest BCUT2D eigenvalue weighted by atomic mass is 32.1. The Balaban J connectivity index is 1.54. The molecule has 8 heteroatoms. The van der Waals surface area contributed by atoms with E-state index in [1.807, 2.05) is 16.8 Å². The maximum atomic E-state index is 11.9. The lowest BCUT2D eigenvalue weighted by Gasteiger charge is -2.05. The Hall–Kier alpha value is -2.74. The number of methoxy groups -OCH3 is 1. The molecule has 3 aromatic rings. The molecule has 0 aliphatic rings. The first-order valence-electron chi connectivity index (χ1n) is 6.89. The molecule has 3 rings (SSSR count). The second-order valence-electron chi connectivity index (χ2n) is 4.64. The van der Waals surface area contributed by atoms with Gasteiger partial charge < -0.3 is 14.5 Å². The summed E-state index contributed by atoms with van der Waals surface area (Å²) in [7, 11) is 1.56. The zero-order valence-corrected chi connectivity index (χ0v) is 13.2. The quantitative estimate of drug-likeness (QED) is 0.747. The van der Waals surface area contributed by atoms with Crippen LogP contribution in [0.15, 0.2) is 39.6 Å². The Kier molecular flexibility index (Phi) is 4.62. The van der Waals surface area contributed by atoms with Gasteiger partial charge in [-0.2, -0.15) is 11.3 Å². The number of carbonyl (C=O) groups excluding carboxylic acids is 1. The molecular formula is C15H14N4O3S. The minimum absolute atomic E-state index is 0.180. The van der Waals surface area contributed by atoms with Crippen LogP contribution < -0.4 is 10.1 Å². The van der Waals surface area contributed by atoms with Gasteiger partial charge in [0, 0.05) is 36.0 Å². The van der Waals surface area contributed by atoms with Crippen LogP contribution in [0.2, 0.25) is 0 Å². The number of aryl methyl sites for hydroxylation is 1. The maximum absolute atomic E-state index is 11.9. The third kappa shape index (κ3) is 3.92. The van der Waals surface area contributed by atoms with E-state index in [4.69, 9.17) is 9.15 Å². The van der Waals surface area contributed by atoms with Crippen LogP contribution in [0.1, 0.15) is 12.3 Å². The summed E-state index contributed by atoms with van der Waals surface area (Å²) in [6, 6.07) is 5.27. The summed E-state index contributed by atoms with van der Waals surface area (Å²) in [5.74, 6) is 1.79. The van der Waals surface area contributed by atoms with Gasteiger partial charge in [-0.3, -0.25) is 4.79 Å². The first-order chi connectivity index (χ1) is 11.2. The summed E-state index contributed by atoms with van der Waals surface area (Å²) in [6.07, 6.45) is 2.16. The average Bonchev–Trinajstić information content (AvgIpc) is 3.24. The van der Waals surface area contributed by atoms with Gasteiger partial charge in [0.1, 0.15) is 11.6 Å². The number of hydrogen-bond donors (Lipinski definition) is 1. The van der Waals surface area contributed by atoms with Crippen molar-refractivity contribution < 1.29 is 13.9 Å². The average molecular weight is 330 g/mol. The molecule has 3 heterocycles. The van der Waals surface area contributed by atoms with Crippen LogP contribution in [0.4, 0.5) is 5.82 Å². The largest absolute Gasteiger partial charge is 0.497 e. The van der Waals surface area contributed by atoms with Gasteiger partial charge in [-0.05, 0) is 17.5 Å². The smallest absolute Gasteiger partial charge is 0.248 e. The van der Waals surface area contributed by atoms with Crippen molar-refractivity contribution in [3.8, 4) is 17.2 Å². The van der Waals surface area contributed by atoms with Crippen LogP contribution in [-0.2, 0) is 11.2 Å². The molecule has 0 radical (unpaired) electrons. The number of hydrogen-bond acceptors (Lipinski definition) is 7. The van der Waals surface area contributed by atoms with Crippen LogP contribution in [0.25, 0.3) is 11.5 Å². The van der Waals surface area contributed by atoms with Crippen molar-refractivity contribution in [3.05, 3.63) is 41.0 Å². The van der Waals surface area contributed by atoms with Crippen LogP contribution in [-0.4, -0.2) is 28.2 Å². The molecule has 0 unspecified atom stereocenters. The fraction of sp³-hybridized carbons (Fsp3) is 0.200. The van der Waals surface area contributed by atoms with Crippen LogP contribution >= 0.6 is 11.3 Å². The molecule has 0 bridgehead atoms. The van der Waals surface area contributed by atoms with E-state index in [2.05, 4.69) is 20.5 Å². The molecule has 0 aromatic carbocycles. The number of nitrogens with zero attached hydrogens (tertiary/aromatic N) is 3. The summed E-state index contributed by atoms with van der Waals surface area (Å²) in [5.41, 5.74) is 0.888. The first kappa shape index (κ1) is 15.2. The predicted molar refractivity (Wildman–Crippen MR) is 85.4 cm³/mol. The fourth-order valence-corrected chi connectivity index (χ4v) is 2.52. The number of nitrogens with one attached hydrogen (secondary N) is 1. The van der Waals surface area contributed by atoms with E-state index in [1.165, 1.54) is 0 Å². The molecule has 3 aromatic heterocycles. The Morgan fingerprint density at radius 3 is 3.09 bits per heavy atom. The van der Waals surface area contributed by atoms with Crippen molar-refractivity contribution in [2.45, 2.75) is 12.8 Å². The van der Waals surface area contributed by atoms with E-state index < -0.39 is 0 Å². The molecule has 0 saturated carbocycles. The van der Waals surface area contributed by atoms with E-state index in [0.29, 0.717) is 29.8 Å². The van der Waals surface area contributed by atoms with Gasteiger partial charge in [0.15, 0.2) is 0 Å². The van der Waals surface area contributed by atoms with Crippen molar-refractivity contribution >= 4 is 23.1 Å². The van der Waals surface area contributed by atoms with Gasteiger partial charge in [-0.25, -0.2) is 4.98 Å². The summed E-state index contributed by atoms with van der Waals surface area (Å²) in [6.45, 7) is 0. The third-order valence-corrected chi connectivity index (χ3v) is 3.72. The van der Waals surface area contributed by atoms with Crippen molar-refractivity contribution in [2.75, 3.05) is 12.4 Å². The summed E-state index contributed by atoms with van der Waals surface area (Å²) < 4.78 is 10.6. The summed E-state index contributed by atoms with van der Waals surface area (Å²) >= 11 is 1.56. The van der Waals surface area contributed by atoms with Gasteiger partial charge in [-0.1, -0.05) is 0 Å². The molecule has 23 heavy (non-hydrogen) atoms. The van der Waals surface area contributed by atoms with Gasteiger partial charge in [0.05, 0.1) is 7.11 Å². The minimum Gasteiger partial charge on any atom is -0.497 e. The Labute approximate surface area is 136 Å². The van der Waals surface area contributed by atoms with Gasteiger partial charge in [0.2, 0.25) is 17.7 Å². The fourth-order valence-electron chi connectivity index (χ4n) is 1.89. The van der Waals surface area contributed by atoms with E-state index in [1.54, 1.807) is 36.8 Å². The van der Waals surface area contributed by atoms with Crippen LogP contribution in [0.3, 0.4) is 0 Å². The lowest BCUT2D eigenvalue weighted by Crippen LogP contribution is -2.13. The second kappa shape index (κ2) is 7.01. The standard InChI is InChI=1S/C15H14N4O3S/c1-21-11-4-6-16-12(8-11)17-13(20)2-3-14-18-19-15(22-14)10-5-7-23-9-10/h4-9H,2-3H2,1H3,(H,16,17,20). The van der Waals surface area contributed by atoms with E-state index in [0.717, 1.165) is 5.56 Å². The number of rotatable bonds is 6. The predicted octanol–water partition coefficient (Wildman–Crippen LogP) is 2.77. The molecule has 0 fully saturated rings. The van der Waals surface area contributed by atoms with Gasteiger partial charge in [0.25, 0.3) is 0 Å². The van der Waals surface area contributed by atoms with E-state index in [9.17, 15) is 4.79 Å². The highest BCUT2D eigenvalue weighted by molar-refractivity contribution is 7.08. The number of anilines is 1. The SMILES string of the molecule is COc1ccnc(NC(=O)CCc2nnc(-c3ccsc3)o2)c1. The Morgan fingerprint density at radius 1 is 1.39 bits per heavy atom. The van der Waals surface area contributed by atoms with Gasteiger partial charge >= 0.3 is 0 Å². The highest BCUT2D eigenvalue weighted by Gasteiger charge is 2.11. The lowest BCUT2D eigenvalue weighted by molar-refractivity contribution is -0.116. The maximum Gasteiger partial charge on any atom is 0.248 e. The Bertz CT molecular complexity index is 786. The number of ether oxygens (including phenoxy) is 1. The molecule has 0 atom stereocenters. The zero-order valence-electron chi connectivity index (χ0n) is 12.4. The van der Waals surface area contributed by atoms with Gasteiger partial charge in [-0.15, -0.1) is 10.2 Å². The van der Waals surface area contributed by atoms with E-state index >= 15 is 0 Å². The van der Waals surface area contributed by atoms with Crippen molar-refractivity contribution in [1.29, 1.82) is 0 Å². The van der Waals surface area contributed by atoms with E-state index in [-0.39, 0.29) is 12.3 Å². The first-order valence-corrected chi connectivity index (χ1v) is 7.84. The molecule has 7 nitrogen and oxygen atoms in total. The number of thiophene rings is 1. The number of amides is 1. The number of aromatic nitrogens is 3. The third-order valence-electron chi connectivity index (χ3n) is 3.04. The monoisotopic (exact) mass is 330 g/mol. The molecule has 118 valence electrons. The van der Waals surface area contributed by atoms with Crippen molar-refractivity contribution in [3.63, 3.8) is 0 Å². The number of pyridine rings is 1. The van der Waals surface area contributed by atoms with Crippen LogP contribution in [0.5, 0.6) is 5.75 Å². The summed E-state index contributed by atoms with van der Waals surface area (Å²) in [4.78, 5) is 16.0. The highest BCUT2D eigenvalue weighted by Crippen LogP contribution is 2.21. The molecule has 0 saturated heterocycles. The molecular weight excluding hydrogens is 316 g/mol. The molecule has 0 aliphatic carbocycles.